The molecule has 0 saturated heterocycles. The van der Waals surface area contributed by atoms with Crippen LogP contribution in [0, 0.1) is 5.92 Å². The van der Waals surface area contributed by atoms with Crippen molar-refractivity contribution in [2.45, 2.75) is 26.3 Å². The summed E-state index contributed by atoms with van der Waals surface area (Å²) in [5, 5.41) is 11.4. The molecular formula is C16H22N2O4. The topological polar surface area (TPSA) is 86.7 Å². The zero-order valence-corrected chi connectivity index (χ0v) is 13.1. The molecule has 0 bridgehead atoms. The van der Waals surface area contributed by atoms with Gasteiger partial charge in [0, 0.05) is 7.05 Å². The molecule has 6 heteroatoms. The molecule has 6 nitrogen and oxygen atoms in total. The molecule has 0 radical (unpaired) electrons. The van der Waals surface area contributed by atoms with Gasteiger partial charge in [-0.05, 0) is 11.5 Å². The van der Waals surface area contributed by atoms with Crippen LogP contribution >= 0.6 is 0 Å². The van der Waals surface area contributed by atoms with Crippen LogP contribution < -0.4 is 5.32 Å². The molecule has 0 saturated carbocycles. The highest BCUT2D eigenvalue weighted by atomic mass is 16.4. The van der Waals surface area contributed by atoms with E-state index in [9.17, 15) is 14.4 Å². The zero-order valence-electron chi connectivity index (χ0n) is 13.1. The van der Waals surface area contributed by atoms with E-state index in [1.54, 1.807) is 13.8 Å². The van der Waals surface area contributed by atoms with Crippen molar-refractivity contribution in [3.05, 3.63) is 35.9 Å². The van der Waals surface area contributed by atoms with Crippen molar-refractivity contribution in [1.29, 1.82) is 0 Å². The lowest BCUT2D eigenvalue weighted by Crippen LogP contribution is -2.51. The molecule has 1 unspecified atom stereocenters. The number of hydrogen-bond acceptors (Lipinski definition) is 3. The van der Waals surface area contributed by atoms with Crippen molar-refractivity contribution < 1.29 is 19.5 Å². The van der Waals surface area contributed by atoms with Gasteiger partial charge >= 0.3 is 5.97 Å². The van der Waals surface area contributed by atoms with E-state index in [-0.39, 0.29) is 18.2 Å². The highest BCUT2D eigenvalue weighted by Crippen LogP contribution is 2.07. The molecule has 0 spiro atoms. The van der Waals surface area contributed by atoms with E-state index in [0.717, 1.165) is 10.5 Å². The van der Waals surface area contributed by atoms with Crippen LogP contribution in [0.2, 0.25) is 0 Å². The lowest BCUT2D eigenvalue weighted by atomic mass is 10.0. The van der Waals surface area contributed by atoms with Crippen LogP contribution in [0.5, 0.6) is 0 Å². The Kier molecular flexibility index (Phi) is 6.56. The minimum Gasteiger partial charge on any atom is -0.480 e. The molecule has 1 aromatic rings. The molecule has 0 aliphatic rings. The van der Waals surface area contributed by atoms with Crippen molar-refractivity contribution in [2.75, 3.05) is 13.6 Å². The molecule has 120 valence electrons. The van der Waals surface area contributed by atoms with Crippen LogP contribution in [-0.4, -0.2) is 47.4 Å². The average molecular weight is 306 g/mol. The monoisotopic (exact) mass is 306 g/mol. The summed E-state index contributed by atoms with van der Waals surface area (Å²) in [6, 6.07) is 8.48. The van der Waals surface area contributed by atoms with Gasteiger partial charge in [0.15, 0.2) is 0 Å². The first kappa shape index (κ1) is 17.7. The maximum Gasteiger partial charge on any atom is 0.323 e. The van der Waals surface area contributed by atoms with Gasteiger partial charge in [-0.25, -0.2) is 0 Å². The Labute approximate surface area is 130 Å². The van der Waals surface area contributed by atoms with E-state index in [4.69, 9.17) is 5.11 Å². The molecule has 1 atom stereocenters. The van der Waals surface area contributed by atoms with Gasteiger partial charge in [-0.1, -0.05) is 44.2 Å². The number of aliphatic carboxylic acids is 1. The lowest BCUT2D eigenvalue weighted by molar-refractivity contribution is -0.145. The largest absolute Gasteiger partial charge is 0.480 e. The molecule has 2 N–H and O–H groups in total. The number of carboxylic acids is 1. The van der Waals surface area contributed by atoms with Gasteiger partial charge in [0.2, 0.25) is 11.8 Å². The third-order valence-electron chi connectivity index (χ3n) is 3.21. The molecule has 22 heavy (non-hydrogen) atoms. The van der Waals surface area contributed by atoms with Crippen LogP contribution in [0.15, 0.2) is 30.3 Å². The molecule has 0 aliphatic carbocycles. The summed E-state index contributed by atoms with van der Waals surface area (Å²) >= 11 is 0. The van der Waals surface area contributed by atoms with E-state index >= 15 is 0 Å². The minimum atomic E-state index is -1.09. The van der Waals surface area contributed by atoms with Crippen LogP contribution in [-0.2, 0) is 20.8 Å². The van der Waals surface area contributed by atoms with Crippen molar-refractivity contribution in [2.24, 2.45) is 5.92 Å². The number of carboxylic acid groups (broad SMARTS) is 1. The Morgan fingerprint density at radius 3 is 2.27 bits per heavy atom. The van der Waals surface area contributed by atoms with Gasteiger partial charge in [0.05, 0.1) is 6.42 Å². The average Bonchev–Trinajstić information content (AvgIpc) is 2.44. The first-order chi connectivity index (χ1) is 10.3. The SMILES string of the molecule is CC(C)C(NC(=O)Cc1ccccc1)C(=O)N(C)CC(=O)O. The fourth-order valence-electron chi connectivity index (χ4n) is 2.04. The number of carbonyl (C=O) groups is 3. The quantitative estimate of drug-likeness (QED) is 0.784. The van der Waals surface area contributed by atoms with Gasteiger partial charge in [-0.15, -0.1) is 0 Å². The Hall–Kier alpha value is -2.37. The third-order valence-corrected chi connectivity index (χ3v) is 3.21. The summed E-state index contributed by atoms with van der Waals surface area (Å²) in [6.07, 6.45) is 0.181. The number of carbonyl (C=O) groups excluding carboxylic acids is 2. The Morgan fingerprint density at radius 1 is 1.18 bits per heavy atom. The lowest BCUT2D eigenvalue weighted by Gasteiger charge is -2.26. The standard InChI is InChI=1S/C16H22N2O4/c1-11(2)15(16(22)18(3)10-14(20)21)17-13(19)9-12-7-5-4-6-8-12/h4-8,11,15H,9-10H2,1-3H3,(H,17,19)(H,20,21). The molecular weight excluding hydrogens is 284 g/mol. The van der Waals surface area contributed by atoms with Crippen LogP contribution in [0.3, 0.4) is 0 Å². The Morgan fingerprint density at radius 2 is 1.77 bits per heavy atom. The molecule has 0 fully saturated rings. The first-order valence-electron chi connectivity index (χ1n) is 7.11. The normalized spacial score (nSPS) is 11.8. The van der Waals surface area contributed by atoms with Gasteiger partial charge in [0.25, 0.3) is 0 Å². The number of nitrogens with zero attached hydrogens (tertiary/aromatic N) is 1. The second-order valence-electron chi connectivity index (χ2n) is 5.54. The third kappa shape index (κ3) is 5.55. The number of rotatable bonds is 7. The number of nitrogens with one attached hydrogen (secondary N) is 1. The highest BCUT2D eigenvalue weighted by Gasteiger charge is 2.27. The summed E-state index contributed by atoms with van der Waals surface area (Å²) in [7, 11) is 1.41. The van der Waals surface area contributed by atoms with E-state index in [0.29, 0.717) is 0 Å². The number of amides is 2. The maximum absolute atomic E-state index is 12.3. The first-order valence-corrected chi connectivity index (χ1v) is 7.11. The predicted octanol–water partition coefficient (Wildman–Crippen LogP) is 0.913. The van der Waals surface area contributed by atoms with E-state index < -0.39 is 24.5 Å². The van der Waals surface area contributed by atoms with Crippen molar-refractivity contribution >= 4 is 17.8 Å². The number of likely N-dealkylation sites (N-methyl/N-ethyl adjacent to an activating group) is 1. The summed E-state index contributed by atoms with van der Waals surface area (Å²) in [5.74, 6) is -1.89. The van der Waals surface area contributed by atoms with Crippen LogP contribution in [0.4, 0.5) is 0 Å². The Bertz CT molecular complexity index is 528. The van der Waals surface area contributed by atoms with Crippen molar-refractivity contribution in [1.82, 2.24) is 10.2 Å². The zero-order chi connectivity index (χ0) is 16.7. The predicted molar refractivity (Wildman–Crippen MR) is 82.2 cm³/mol. The summed E-state index contributed by atoms with van der Waals surface area (Å²) in [4.78, 5) is 36.1. The van der Waals surface area contributed by atoms with Gasteiger partial charge in [-0.2, -0.15) is 0 Å². The fourth-order valence-corrected chi connectivity index (χ4v) is 2.04. The van der Waals surface area contributed by atoms with Gasteiger partial charge in [0.1, 0.15) is 12.6 Å². The second kappa shape index (κ2) is 8.17. The molecule has 0 aromatic heterocycles. The van der Waals surface area contributed by atoms with E-state index in [1.165, 1.54) is 7.05 Å². The van der Waals surface area contributed by atoms with Crippen molar-refractivity contribution in [3.8, 4) is 0 Å². The molecule has 1 aromatic carbocycles. The number of hydrogen-bond donors (Lipinski definition) is 2. The summed E-state index contributed by atoms with van der Waals surface area (Å²) in [5.41, 5.74) is 0.855. The fraction of sp³-hybridized carbons (Fsp3) is 0.438. The maximum atomic E-state index is 12.3. The second-order valence-corrected chi connectivity index (χ2v) is 5.54. The highest BCUT2D eigenvalue weighted by molar-refractivity contribution is 5.90. The van der Waals surface area contributed by atoms with Gasteiger partial charge < -0.3 is 15.3 Å². The van der Waals surface area contributed by atoms with Gasteiger partial charge in [-0.3, -0.25) is 14.4 Å². The summed E-state index contributed by atoms with van der Waals surface area (Å²) < 4.78 is 0. The molecule has 1 rings (SSSR count). The molecule has 0 heterocycles. The van der Waals surface area contributed by atoms with E-state index in [2.05, 4.69) is 5.32 Å². The van der Waals surface area contributed by atoms with Crippen LogP contribution in [0.25, 0.3) is 0 Å². The van der Waals surface area contributed by atoms with Crippen LogP contribution in [0.1, 0.15) is 19.4 Å². The minimum absolute atomic E-state index is 0.136. The number of benzene rings is 1. The van der Waals surface area contributed by atoms with Crippen molar-refractivity contribution in [3.63, 3.8) is 0 Å². The van der Waals surface area contributed by atoms with E-state index in [1.807, 2.05) is 30.3 Å². The summed E-state index contributed by atoms with van der Waals surface area (Å²) in [6.45, 7) is 3.22. The molecule has 0 aliphatic heterocycles. The molecule has 2 amide bonds. The smallest absolute Gasteiger partial charge is 0.323 e. The Balaban J connectivity index is 2.69.